The van der Waals surface area contributed by atoms with Crippen molar-refractivity contribution in [3.63, 3.8) is 0 Å². The lowest BCUT2D eigenvalue weighted by molar-refractivity contribution is 0.594. The zero-order valence-electron chi connectivity index (χ0n) is 8.19. The van der Waals surface area contributed by atoms with Crippen LogP contribution in [-0.2, 0) is 6.54 Å². The molecule has 2 aromatic heterocycles. The maximum absolute atomic E-state index is 13.7. The van der Waals surface area contributed by atoms with Gasteiger partial charge in [0.15, 0.2) is 5.82 Å². The minimum atomic E-state index is -0.641. The normalized spacial score (nSPS) is 10.4. The van der Waals surface area contributed by atoms with E-state index in [9.17, 15) is 8.78 Å². The van der Waals surface area contributed by atoms with E-state index in [0.717, 1.165) is 12.3 Å². The molecule has 82 valence electrons. The van der Waals surface area contributed by atoms with E-state index in [-0.39, 0.29) is 23.5 Å². The van der Waals surface area contributed by atoms with E-state index in [0.29, 0.717) is 0 Å². The highest BCUT2D eigenvalue weighted by Crippen LogP contribution is 2.20. The van der Waals surface area contributed by atoms with E-state index in [1.165, 1.54) is 12.5 Å². The van der Waals surface area contributed by atoms with E-state index >= 15 is 0 Å². The van der Waals surface area contributed by atoms with Crippen LogP contribution in [0, 0.1) is 11.6 Å². The van der Waals surface area contributed by atoms with E-state index in [4.69, 9.17) is 5.73 Å². The van der Waals surface area contributed by atoms with Crippen molar-refractivity contribution in [1.82, 2.24) is 15.0 Å². The molecule has 0 saturated carbocycles. The minimum Gasteiger partial charge on any atom is -0.325 e. The molecule has 2 heterocycles. The van der Waals surface area contributed by atoms with Gasteiger partial charge < -0.3 is 5.73 Å². The molecule has 0 unspecified atom stereocenters. The highest BCUT2D eigenvalue weighted by atomic mass is 19.1. The van der Waals surface area contributed by atoms with Crippen molar-refractivity contribution in [2.24, 2.45) is 5.73 Å². The molecule has 0 amide bonds. The van der Waals surface area contributed by atoms with Gasteiger partial charge in [-0.05, 0) is 6.07 Å². The van der Waals surface area contributed by atoms with Crippen LogP contribution in [0.4, 0.5) is 8.78 Å². The number of hydrogen-bond acceptors (Lipinski definition) is 4. The summed E-state index contributed by atoms with van der Waals surface area (Å²) in [7, 11) is 0. The largest absolute Gasteiger partial charge is 0.325 e. The van der Waals surface area contributed by atoms with Crippen LogP contribution in [0.1, 0.15) is 5.69 Å². The summed E-state index contributed by atoms with van der Waals surface area (Å²) < 4.78 is 26.6. The number of nitrogens with zero attached hydrogens (tertiary/aromatic N) is 3. The maximum atomic E-state index is 13.7. The molecule has 0 atom stereocenters. The molecule has 0 aliphatic rings. The van der Waals surface area contributed by atoms with Gasteiger partial charge in [0.2, 0.25) is 0 Å². The fourth-order valence-corrected chi connectivity index (χ4v) is 1.29. The van der Waals surface area contributed by atoms with Crippen molar-refractivity contribution >= 4 is 0 Å². The number of halogens is 2. The summed E-state index contributed by atoms with van der Waals surface area (Å²) in [5.41, 5.74) is 5.66. The molecule has 0 aliphatic carbocycles. The maximum Gasteiger partial charge on any atom is 0.172 e. The monoisotopic (exact) mass is 222 g/mol. The third-order valence-electron chi connectivity index (χ3n) is 2.03. The van der Waals surface area contributed by atoms with E-state index in [1.807, 2.05) is 0 Å². The Morgan fingerprint density at radius 3 is 2.69 bits per heavy atom. The van der Waals surface area contributed by atoms with Crippen molar-refractivity contribution in [3.8, 4) is 11.3 Å². The van der Waals surface area contributed by atoms with E-state index in [1.54, 1.807) is 0 Å². The Kier molecular flexibility index (Phi) is 2.82. The van der Waals surface area contributed by atoms with Gasteiger partial charge >= 0.3 is 0 Å². The second-order valence-electron chi connectivity index (χ2n) is 3.08. The standard InChI is InChI=1S/C10H8F2N4/c11-7-1-6(3-14-4-7)10-9(12)8(2-13)15-5-16-10/h1,3-5H,2,13H2. The Labute approximate surface area is 90.2 Å². The molecular formula is C10H8F2N4. The van der Waals surface area contributed by atoms with Crippen LogP contribution in [0.25, 0.3) is 11.3 Å². The molecule has 6 heteroatoms. The summed E-state index contributed by atoms with van der Waals surface area (Å²) >= 11 is 0. The first-order valence-electron chi connectivity index (χ1n) is 4.52. The Balaban J connectivity index is 2.56. The van der Waals surface area contributed by atoms with Gasteiger partial charge in [-0.1, -0.05) is 0 Å². The van der Waals surface area contributed by atoms with Crippen molar-refractivity contribution < 1.29 is 8.78 Å². The molecule has 2 rings (SSSR count). The molecule has 0 bridgehead atoms. The summed E-state index contributed by atoms with van der Waals surface area (Å²) in [6.07, 6.45) is 3.55. The summed E-state index contributed by atoms with van der Waals surface area (Å²) in [5.74, 6) is -1.19. The molecule has 2 N–H and O–H groups in total. The number of rotatable bonds is 2. The van der Waals surface area contributed by atoms with Crippen LogP contribution in [0.3, 0.4) is 0 Å². The van der Waals surface area contributed by atoms with Crippen LogP contribution in [0.15, 0.2) is 24.8 Å². The average Bonchev–Trinajstić information content (AvgIpc) is 2.29. The third kappa shape index (κ3) is 1.87. The second kappa shape index (κ2) is 4.28. The van der Waals surface area contributed by atoms with Gasteiger partial charge in [-0.25, -0.2) is 18.7 Å². The first kappa shape index (κ1) is 10.6. The lowest BCUT2D eigenvalue weighted by Gasteiger charge is -2.04. The number of hydrogen-bond donors (Lipinski definition) is 1. The zero-order chi connectivity index (χ0) is 11.5. The van der Waals surface area contributed by atoms with Gasteiger partial charge in [-0.2, -0.15) is 0 Å². The first-order chi connectivity index (χ1) is 7.72. The number of aromatic nitrogens is 3. The summed E-state index contributed by atoms with van der Waals surface area (Å²) in [5, 5.41) is 0. The predicted molar refractivity (Wildman–Crippen MR) is 53.1 cm³/mol. The molecule has 16 heavy (non-hydrogen) atoms. The highest BCUT2D eigenvalue weighted by molar-refractivity contribution is 5.58. The molecular weight excluding hydrogens is 214 g/mol. The van der Waals surface area contributed by atoms with Crippen LogP contribution < -0.4 is 5.73 Å². The van der Waals surface area contributed by atoms with Crippen molar-refractivity contribution in [3.05, 3.63) is 42.1 Å². The van der Waals surface area contributed by atoms with Gasteiger partial charge in [0.1, 0.15) is 17.8 Å². The van der Waals surface area contributed by atoms with Crippen LogP contribution >= 0.6 is 0 Å². The van der Waals surface area contributed by atoms with Crippen LogP contribution in [0.5, 0.6) is 0 Å². The SMILES string of the molecule is NCc1ncnc(-c2cncc(F)c2)c1F. The third-order valence-corrected chi connectivity index (χ3v) is 2.03. The fourth-order valence-electron chi connectivity index (χ4n) is 1.29. The molecule has 0 saturated heterocycles. The topological polar surface area (TPSA) is 64.7 Å². The molecule has 0 aliphatic heterocycles. The quantitative estimate of drug-likeness (QED) is 0.831. The van der Waals surface area contributed by atoms with Gasteiger partial charge in [0, 0.05) is 18.3 Å². The first-order valence-corrected chi connectivity index (χ1v) is 4.52. The average molecular weight is 222 g/mol. The minimum absolute atomic E-state index is 0.00227. The van der Waals surface area contributed by atoms with E-state index < -0.39 is 11.6 Å². The summed E-state index contributed by atoms with van der Waals surface area (Å²) in [6.45, 7) is -0.0376. The smallest absolute Gasteiger partial charge is 0.172 e. The molecule has 0 radical (unpaired) electrons. The predicted octanol–water partition coefficient (Wildman–Crippen LogP) is 1.28. The van der Waals surface area contributed by atoms with E-state index in [2.05, 4.69) is 15.0 Å². The fraction of sp³-hybridized carbons (Fsp3) is 0.100. The molecule has 4 nitrogen and oxygen atoms in total. The molecule has 0 fully saturated rings. The molecule has 0 aromatic carbocycles. The van der Waals surface area contributed by atoms with Crippen LogP contribution in [0.2, 0.25) is 0 Å². The van der Waals surface area contributed by atoms with Gasteiger partial charge in [0.25, 0.3) is 0 Å². The molecule has 0 spiro atoms. The van der Waals surface area contributed by atoms with Gasteiger partial charge in [-0.15, -0.1) is 0 Å². The Hall–Kier alpha value is -1.95. The Morgan fingerprint density at radius 2 is 2.00 bits per heavy atom. The van der Waals surface area contributed by atoms with Crippen LogP contribution in [-0.4, -0.2) is 15.0 Å². The summed E-state index contributed by atoms with van der Waals surface area (Å²) in [4.78, 5) is 11.1. The lowest BCUT2D eigenvalue weighted by atomic mass is 10.1. The zero-order valence-corrected chi connectivity index (χ0v) is 8.19. The summed E-state index contributed by atoms with van der Waals surface area (Å²) in [6, 6.07) is 1.15. The number of nitrogens with two attached hydrogens (primary N) is 1. The number of pyridine rings is 1. The lowest BCUT2D eigenvalue weighted by Crippen LogP contribution is -2.05. The van der Waals surface area contributed by atoms with Crippen molar-refractivity contribution in [1.29, 1.82) is 0 Å². The van der Waals surface area contributed by atoms with Crippen molar-refractivity contribution in [2.45, 2.75) is 6.54 Å². The van der Waals surface area contributed by atoms with Crippen molar-refractivity contribution in [2.75, 3.05) is 0 Å². The van der Waals surface area contributed by atoms with Gasteiger partial charge in [-0.3, -0.25) is 4.98 Å². The molecule has 2 aromatic rings. The Bertz CT molecular complexity index is 516. The second-order valence-corrected chi connectivity index (χ2v) is 3.08. The highest BCUT2D eigenvalue weighted by Gasteiger charge is 2.12. The Morgan fingerprint density at radius 1 is 1.19 bits per heavy atom. The van der Waals surface area contributed by atoms with Gasteiger partial charge in [0.05, 0.1) is 11.9 Å².